The minimum absolute atomic E-state index is 0.148. The smallest absolute Gasteiger partial charge is 0.227 e. The number of aromatic hydroxyl groups is 1. The van der Waals surface area contributed by atoms with Gasteiger partial charge in [0, 0.05) is 12.8 Å². The predicted octanol–water partition coefficient (Wildman–Crippen LogP) is 1.54. The standard InChI is InChI=1S/C9H10O.C4H5NO2/c1-2-5-8-6-3-4-7-9(8)10;6-3-1-2-4(7)5-3/h2-4,6-7,10H,1,5H2;1-2H2,(H,5,6,7). The third-order valence-corrected chi connectivity index (χ3v) is 2.21. The van der Waals surface area contributed by atoms with Gasteiger partial charge in [0.15, 0.2) is 0 Å². The molecule has 17 heavy (non-hydrogen) atoms. The SMILES string of the molecule is C=CCc1ccccc1O.O=C1CCC(=O)N1. The lowest BCUT2D eigenvalue weighted by molar-refractivity contribution is -0.124. The molecule has 1 aromatic carbocycles. The number of rotatable bonds is 2. The Morgan fingerprint density at radius 1 is 1.24 bits per heavy atom. The summed E-state index contributed by atoms with van der Waals surface area (Å²) in [6.07, 6.45) is 3.25. The maximum Gasteiger partial charge on any atom is 0.227 e. The maximum atomic E-state index is 10.1. The van der Waals surface area contributed by atoms with Crippen molar-refractivity contribution in [3.8, 4) is 5.75 Å². The monoisotopic (exact) mass is 233 g/mol. The summed E-state index contributed by atoms with van der Waals surface area (Å²) in [7, 11) is 0. The molecule has 90 valence electrons. The first-order valence-electron chi connectivity index (χ1n) is 5.34. The highest BCUT2D eigenvalue weighted by Crippen LogP contribution is 2.15. The average molecular weight is 233 g/mol. The Bertz CT molecular complexity index is 412. The molecule has 4 nitrogen and oxygen atoms in total. The highest BCUT2D eigenvalue weighted by molar-refractivity contribution is 6.01. The van der Waals surface area contributed by atoms with Crippen LogP contribution in [0.5, 0.6) is 5.75 Å². The van der Waals surface area contributed by atoms with Crippen LogP contribution in [0.4, 0.5) is 0 Å². The van der Waals surface area contributed by atoms with Crippen molar-refractivity contribution < 1.29 is 14.7 Å². The Labute approximate surface area is 100.0 Å². The Morgan fingerprint density at radius 3 is 2.24 bits per heavy atom. The molecule has 0 spiro atoms. The second-order valence-corrected chi connectivity index (χ2v) is 3.59. The summed E-state index contributed by atoms with van der Waals surface area (Å²) in [6, 6.07) is 7.27. The van der Waals surface area contributed by atoms with Crippen LogP contribution in [0.2, 0.25) is 0 Å². The van der Waals surface area contributed by atoms with Crippen LogP contribution in [-0.2, 0) is 16.0 Å². The van der Waals surface area contributed by atoms with Gasteiger partial charge in [-0.05, 0) is 18.1 Å². The summed E-state index contributed by atoms with van der Waals surface area (Å²) < 4.78 is 0. The van der Waals surface area contributed by atoms with E-state index < -0.39 is 0 Å². The molecule has 2 amide bonds. The molecule has 0 radical (unpaired) electrons. The van der Waals surface area contributed by atoms with Crippen molar-refractivity contribution in [3.63, 3.8) is 0 Å². The van der Waals surface area contributed by atoms with Crippen LogP contribution in [-0.4, -0.2) is 16.9 Å². The maximum absolute atomic E-state index is 10.1. The van der Waals surface area contributed by atoms with Crippen LogP contribution in [0.25, 0.3) is 0 Å². The molecule has 0 aliphatic carbocycles. The molecule has 1 saturated heterocycles. The summed E-state index contributed by atoms with van der Waals surface area (Å²) in [5.74, 6) is 0.0531. The van der Waals surface area contributed by atoms with Gasteiger partial charge < -0.3 is 5.11 Å². The van der Waals surface area contributed by atoms with E-state index in [1.165, 1.54) is 0 Å². The number of carbonyl (C=O) groups is 2. The van der Waals surface area contributed by atoms with E-state index in [2.05, 4.69) is 11.9 Å². The van der Waals surface area contributed by atoms with E-state index in [4.69, 9.17) is 0 Å². The Morgan fingerprint density at radius 2 is 1.82 bits per heavy atom. The molecule has 4 heteroatoms. The molecule has 2 rings (SSSR count). The van der Waals surface area contributed by atoms with Gasteiger partial charge in [-0.2, -0.15) is 0 Å². The van der Waals surface area contributed by atoms with Crippen LogP contribution < -0.4 is 5.32 Å². The Hall–Kier alpha value is -2.10. The average Bonchev–Trinajstić information content (AvgIpc) is 2.67. The van der Waals surface area contributed by atoms with Gasteiger partial charge in [-0.25, -0.2) is 0 Å². The van der Waals surface area contributed by atoms with Crippen LogP contribution in [0.15, 0.2) is 36.9 Å². The van der Waals surface area contributed by atoms with E-state index in [0.29, 0.717) is 18.6 Å². The predicted molar refractivity (Wildman–Crippen MR) is 64.4 cm³/mol. The zero-order valence-corrected chi connectivity index (χ0v) is 9.48. The normalized spacial score (nSPS) is 13.6. The third-order valence-electron chi connectivity index (χ3n) is 2.21. The van der Waals surface area contributed by atoms with Gasteiger partial charge in [-0.1, -0.05) is 24.3 Å². The fourth-order valence-electron chi connectivity index (χ4n) is 1.35. The minimum Gasteiger partial charge on any atom is -0.508 e. The number of allylic oxidation sites excluding steroid dienone is 1. The lowest BCUT2D eigenvalue weighted by Gasteiger charge is -1.97. The number of phenolic OH excluding ortho intramolecular Hbond substituents is 1. The topological polar surface area (TPSA) is 66.4 Å². The zero-order valence-electron chi connectivity index (χ0n) is 9.48. The number of hydrogen-bond acceptors (Lipinski definition) is 3. The lowest BCUT2D eigenvalue weighted by Crippen LogP contribution is -2.18. The molecule has 1 aliphatic heterocycles. The van der Waals surface area contributed by atoms with Crippen molar-refractivity contribution in [2.24, 2.45) is 0 Å². The second kappa shape index (κ2) is 6.48. The highest BCUT2D eigenvalue weighted by Gasteiger charge is 2.15. The Balaban J connectivity index is 0.000000181. The summed E-state index contributed by atoms with van der Waals surface area (Å²) in [5, 5.41) is 11.3. The van der Waals surface area contributed by atoms with Gasteiger partial charge >= 0.3 is 0 Å². The molecule has 0 bridgehead atoms. The molecule has 0 aromatic heterocycles. The number of amides is 2. The largest absolute Gasteiger partial charge is 0.508 e. The third kappa shape index (κ3) is 4.51. The van der Waals surface area contributed by atoms with Crippen molar-refractivity contribution in [3.05, 3.63) is 42.5 Å². The minimum atomic E-state index is -0.148. The van der Waals surface area contributed by atoms with Crippen LogP contribution in [0.1, 0.15) is 18.4 Å². The highest BCUT2D eigenvalue weighted by atomic mass is 16.3. The number of carbonyl (C=O) groups excluding carboxylic acids is 2. The van der Waals surface area contributed by atoms with Crippen LogP contribution in [0.3, 0.4) is 0 Å². The number of benzene rings is 1. The van der Waals surface area contributed by atoms with E-state index in [1.54, 1.807) is 12.1 Å². The second-order valence-electron chi connectivity index (χ2n) is 3.59. The van der Waals surface area contributed by atoms with Gasteiger partial charge in [0.05, 0.1) is 0 Å². The number of hydrogen-bond donors (Lipinski definition) is 2. The molecular formula is C13H15NO3. The fraction of sp³-hybridized carbons (Fsp3) is 0.231. The van der Waals surface area contributed by atoms with Crippen LogP contribution >= 0.6 is 0 Å². The molecule has 1 fully saturated rings. The number of para-hydroxylation sites is 1. The summed E-state index contributed by atoms with van der Waals surface area (Å²) in [4.78, 5) is 20.2. The van der Waals surface area contributed by atoms with Gasteiger partial charge in [0.25, 0.3) is 0 Å². The van der Waals surface area contributed by atoms with Crippen LogP contribution in [0, 0.1) is 0 Å². The molecule has 0 saturated carbocycles. The van der Waals surface area contributed by atoms with Crippen molar-refractivity contribution in [2.75, 3.05) is 0 Å². The number of nitrogens with one attached hydrogen (secondary N) is 1. The van der Waals surface area contributed by atoms with Crippen molar-refractivity contribution in [2.45, 2.75) is 19.3 Å². The first kappa shape index (κ1) is 13.0. The number of phenols is 1. The van der Waals surface area contributed by atoms with E-state index in [1.807, 2.05) is 18.2 Å². The summed E-state index contributed by atoms with van der Waals surface area (Å²) >= 11 is 0. The molecule has 2 N–H and O–H groups in total. The first-order chi connectivity index (χ1) is 8.13. The Kier molecular flexibility index (Phi) is 4.94. The fourth-order valence-corrected chi connectivity index (χ4v) is 1.35. The quantitative estimate of drug-likeness (QED) is 0.601. The summed E-state index contributed by atoms with van der Waals surface area (Å²) in [5.41, 5.74) is 0.928. The summed E-state index contributed by atoms with van der Waals surface area (Å²) in [6.45, 7) is 3.59. The van der Waals surface area contributed by atoms with E-state index in [9.17, 15) is 14.7 Å². The van der Waals surface area contributed by atoms with Crippen molar-refractivity contribution in [1.82, 2.24) is 5.32 Å². The lowest BCUT2D eigenvalue weighted by atomic mass is 10.1. The zero-order chi connectivity index (χ0) is 12.7. The van der Waals surface area contributed by atoms with E-state index >= 15 is 0 Å². The van der Waals surface area contributed by atoms with Gasteiger partial charge in [0.2, 0.25) is 11.8 Å². The van der Waals surface area contributed by atoms with E-state index in [-0.39, 0.29) is 11.8 Å². The first-order valence-corrected chi connectivity index (χ1v) is 5.34. The van der Waals surface area contributed by atoms with Gasteiger partial charge in [-0.15, -0.1) is 6.58 Å². The van der Waals surface area contributed by atoms with Crippen molar-refractivity contribution >= 4 is 11.8 Å². The molecular weight excluding hydrogens is 218 g/mol. The molecule has 0 atom stereocenters. The van der Waals surface area contributed by atoms with E-state index in [0.717, 1.165) is 12.0 Å². The number of imide groups is 1. The molecule has 1 aliphatic rings. The van der Waals surface area contributed by atoms with Gasteiger partial charge in [0.1, 0.15) is 5.75 Å². The molecule has 1 heterocycles. The molecule has 0 unspecified atom stereocenters. The van der Waals surface area contributed by atoms with Crippen molar-refractivity contribution in [1.29, 1.82) is 0 Å². The van der Waals surface area contributed by atoms with Gasteiger partial charge in [-0.3, -0.25) is 14.9 Å². The molecule has 1 aromatic rings.